The number of aromatic hydroxyl groups is 1. The van der Waals surface area contributed by atoms with Gasteiger partial charge in [0.15, 0.2) is 34.6 Å². The van der Waals surface area contributed by atoms with Crippen LogP contribution >= 0.6 is 69.9 Å². The number of carbonyl (C=O) groups is 2. The number of hydrogen-bond donors (Lipinski definition) is 1. The van der Waals surface area contributed by atoms with Crippen LogP contribution in [0.5, 0.6) is 34.5 Å². The zero-order chi connectivity index (χ0) is 37.3. The molecule has 2 aromatic heterocycles. The molecule has 10 nitrogen and oxygen atoms in total. The maximum Gasteiger partial charge on any atom is 0.253 e. The van der Waals surface area contributed by atoms with E-state index < -0.39 is 11.6 Å². The second-order valence-electron chi connectivity index (χ2n) is 12.6. The van der Waals surface area contributed by atoms with Crippen LogP contribution in [0.1, 0.15) is 57.5 Å². The molecule has 8 rings (SSSR count). The predicted octanol–water partition coefficient (Wildman–Crippen LogP) is 9.33. The maximum atomic E-state index is 13.0. The molecule has 0 bridgehead atoms. The minimum absolute atomic E-state index is 0.00359. The third-order valence-corrected chi connectivity index (χ3v) is 12.5. The van der Waals surface area contributed by atoms with Crippen LogP contribution in [0.25, 0.3) is 0 Å². The van der Waals surface area contributed by atoms with Gasteiger partial charge in [-0.05, 0) is 24.3 Å². The van der Waals surface area contributed by atoms with E-state index in [9.17, 15) is 14.7 Å². The molecule has 6 heterocycles. The number of fused-ring (bicyclic) bond motifs is 2. The molecule has 4 aromatic rings. The first-order valence-corrected chi connectivity index (χ1v) is 20.4. The van der Waals surface area contributed by atoms with E-state index >= 15 is 0 Å². The van der Waals surface area contributed by atoms with E-state index in [1.165, 1.54) is 30.9 Å². The normalized spacial score (nSPS) is 17.3. The first-order chi connectivity index (χ1) is 25.5. The van der Waals surface area contributed by atoms with Crippen molar-refractivity contribution >= 4 is 81.5 Å². The molecule has 0 aliphatic carbocycles. The van der Waals surface area contributed by atoms with Crippen molar-refractivity contribution in [1.29, 1.82) is 0 Å². The molecule has 0 unspecified atom stereocenters. The van der Waals surface area contributed by atoms with Crippen molar-refractivity contribution in [2.45, 2.75) is 50.1 Å². The first-order valence-electron chi connectivity index (χ1n) is 16.6. The molecule has 0 radical (unpaired) electrons. The van der Waals surface area contributed by atoms with Gasteiger partial charge in [0.05, 0.1) is 38.3 Å². The quantitative estimate of drug-likeness (QED) is 0.178. The Kier molecular flexibility index (Phi) is 11.4. The fourth-order valence-corrected chi connectivity index (χ4v) is 9.61. The van der Waals surface area contributed by atoms with E-state index in [1.807, 2.05) is 23.5 Å². The van der Waals surface area contributed by atoms with Gasteiger partial charge in [0.2, 0.25) is 11.5 Å². The summed E-state index contributed by atoms with van der Waals surface area (Å²) in [5, 5.41) is 11.5. The highest BCUT2D eigenvalue weighted by atomic mass is 35.5. The lowest BCUT2D eigenvalue weighted by Gasteiger charge is -2.31. The Bertz CT molecular complexity index is 2030. The number of thioether (sulfide) groups is 2. The summed E-state index contributed by atoms with van der Waals surface area (Å²) in [6.45, 7) is 0. The second kappa shape index (κ2) is 15.8. The molecular formula is C37H32Cl4N2O8S2. The highest BCUT2D eigenvalue weighted by Crippen LogP contribution is 2.53. The van der Waals surface area contributed by atoms with Crippen LogP contribution in [-0.4, -0.2) is 68.3 Å². The number of methoxy groups -OCH3 is 1. The number of carbonyl (C=O) groups excluding carboxylic acids is 2. The van der Waals surface area contributed by atoms with Crippen molar-refractivity contribution < 1.29 is 38.4 Å². The van der Waals surface area contributed by atoms with E-state index in [2.05, 4.69) is 9.97 Å². The molecule has 1 N–H and O–H groups in total. The first kappa shape index (κ1) is 38.0. The van der Waals surface area contributed by atoms with Gasteiger partial charge in [-0.25, -0.2) is 0 Å². The molecule has 0 saturated carbocycles. The Labute approximate surface area is 334 Å². The van der Waals surface area contributed by atoms with E-state index in [0.717, 1.165) is 35.9 Å². The van der Waals surface area contributed by atoms with Crippen LogP contribution < -0.4 is 23.7 Å². The van der Waals surface area contributed by atoms with Crippen molar-refractivity contribution in [3.05, 3.63) is 91.4 Å². The number of ether oxygens (including phenoxy) is 5. The highest BCUT2D eigenvalue weighted by molar-refractivity contribution is 7.99. The SMILES string of the molecule is COc1ccc(C(=O)Cc2c(Cl)cncc2Cl)c2c1OC1(CCSCC1)O2.O=C(Cc1c(Cl)cncc1Cl)c1ccc(O)c2c1OC1(CCSCC1)O2. The summed E-state index contributed by atoms with van der Waals surface area (Å²) in [7, 11) is 1.57. The molecule has 2 spiro atoms. The van der Waals surface area contributed by atoms with Crippen molar-refractivity contribution in [3.63, 3.8) is 0 Å². The molecule has 0 amide bonds. The Morgan fingerprint density at radius 3 is 1.51 bits per heavy atom. The number of ketones is 2. The average molecular weight is 839 g/mol. The molecule has 4 aliphatic heterocycles. The number of Topliss-reactive ketones (excluding diaryl/α,β-unsaturated/α-hetero) is 2. The maximum absolute atomic E-state index is 13.0. The lowest BCUT2D eigenvalue weighted by molar-refractivity contribution is -0.0856. The summed E-state index contributed by atoms with van der Waals surface area (Å²) in [6.07, 6.45) is 8.80. The third-order valence-electron chi connectivity index (χ3n) is 9.23. The number of aromatic nitrogens is 2. The van der Waals surface area contributed by atoms with Crippen molar-refractivity contribution in [2.75, 3.05) is 30.1 Å². The Hall–Kier alpha value is -3.26. The smallest absolute Gasteiger partial charge is 0.253 e. The standard InChI is InChI=1S/C19H17Cl2NO4S.C18H15Cl2NO4S/c1-24-16-3-2-11(15(23)8-12-13(20)9-22-10-14(12)21)17-18(16)26-19(25-17)4-6-27-7-5-19;19-12-8-21-9-13(20)11(12)7-15(23)10-1-2-14(22)17-16(10)24-18(25-17)3-5-26-6-4-18/h2-3,9-10H,4-8H2,1H3;1-2,8-9,22H,3-7H2. The Morgan fingerprint density at radius 2 is 1.06 bits per heavy atom. The molecular weight excluding hydrogens is 806 g/mol. The molecule has 2 saturated heterocycles. The van der Waals surface area contributed by atoms with Crippen LogP contribution in [-0.2, 0) is 12.8 Å². The minimum atomic E-state index is -0.798. The molecule has 4 aliphatic rings. The summed E-state index contributed by atoms with van der Waals surface area (Å²) in [4.78, 5) is 33.8. The Balaban J connectivity index is 0.000000164. The van der Waals surface area contributed by atoms with Gasteiger partial charge >= 0.3 is 0 Å². The van der Waals surface area contributed by atoms with E-state index in [0.29, 0.717) is 78.2 Å². The van der Waals surface area contributed by atoms with E-state index in [4.69, 9.17) is 70.1 Å². The molecule has 53 heavy (non-hydrogen) atoms. The van der Waals surface area contributed by atoms with E-state index in [1.54, 1.807) is 25.3 Å². The third kappa shape index (κ3) is 7.81. The van der Waals surface area contributed by atoms with Gasteiger partial charge in [-0.1, -0.05) is 46.4 Å². The summed E-state index contributed by atoms with van der Waals surface area (Å²) >= 11 is 28.3. The summed E-state index contributed by atoms with van der Waals surface area (Å²) < 4.78 is 29.8. The lowest BCUT2D eigenvalue weighted by Crippen LogP contribution is -2.42. The number of halogens is 4. The summed E-state index contributed by atoms with van der Waals surface area (Å²) in [5.41, 5.74) is 1.84. The van der Waals surface area contributed by atoms with Gasteiger partial charge in [0, 0.05) is 97.5 Å². The van der Waals surface area contributed by atoms with Crippen LogP contribution in [0, 0.1) is 0 Å². The number of phenolic OH excluding ortho intramolecular Hbond substituents is 1. The fourth-order valence-electron chi connectivity index (χ4n) is 6.38. The molecule has 0 atom stereocenters. The molecule has 2 fully saturated rings. The lowest BCUT2D eigenvalue weighted by atomic mass is 10.0. The van der Waals surface area contributed by atoms with Crippen molar-refractivity contribution in [2.24, 2.45) is 0 Å². The molecule has 16 heteroatoms. The van der Waals surface area contributed by atoms with Crippen LogP contribution in [0.2, 0.25) is 20.1 Å². The predicted molar refractivity (Wildman–Crippen MR) is 207 cm³/mol. The monoisotopic (exact) mass is 836 g/mol. The zero-order valence-electron chi connectivity index (χ0n) is 28.2. The van der Waals surface area contributed by atoms with Crippen LogP contribution in [0.4, 0.5) is 0 Å². The number of hydrogen-bond acceptors (Lipinski definition) is 12. The number of rotatable bonds is 7. The Morgan fingerprint density at radius 1 is 0.660 bits per heavy atom. The van der Waals surface area contributed by atoms with Gasteiger partial charge in [-0.2, -0.15) is 23.5 Å². The van der Waals surface area contributed by atoms with Crippen molar-refractivity contribution in [1.82, 2.24) is 9.97 Å². The topological polar surface area (TPSA) is 126 Å². The van der Waals surface area contributed by atoms with Gasteiger partial charge in [0.1, 0.15) is 0 Å². The van der Waals surface area contributed by atoms with Crippen molar-refractivity contribution in [3.8, 4) is 34.5 Å². The van der Waals surface area contributed by atoms with Gasteiger partial charge < -0.3 is 28.8 Å². The minimum Gasteiger partial charge on any atom is -0.504 e. The highest BCUT2D eigenvalue weighted by Gasteiger charge is 2.47. The van der Waals surface area contributed by atoms with Crippen LogP contribution in [0.3, 0.4) is 0 Å². The van der Waals surface area contributed by atoms with Gasteiger partial charge in [-0.15, -0.1) is 0 Å². The van der Waals surface area contributed by atoms with Gasteiger partial charge in [-0.3, -0.25) is 19.6 Å². The second-order valence-corrected chi connectivity index (χ2v) is 16.7. The summed E-state index contributed by atoms with van der Waals surface area (Å²) in [5.74, 6) is 3.77. The number of benzene rings is 2. The molecule has 278 valence electrons. The largest absolute Gasteiger partial charge is 0.504 e. The zero-order valence-corrected chi connectivity index (χ0v) is 32.9. The average Bonchev–Trinajstić information content (AvgIpc) is 3.70. The number of pyridine rings is 2. The number of nitrogens with zero attached hydrogens (tertiary/aromatic N) is 2. The van der Waals surface area contributed by atoms with Gasteiger partial charge in [0.25, 0.3) is 11.6 Å². The summed E-state index contributed by atoms with van der Waals surface area (Å²) in [6, 6.07) is 6.41. The van der Waals surface area contributed by atoms with Crippen LogP contribution in [0.15, 0.2) is 49.1 Å². The van der Waals surface area contributed by atoms with E-state index in [-0.39, 0.29) is 35.9 Å². The number of phenols is 1. The fraction of sp³-hybridized carbons (Fsp3) is 0.351. The molecule has 2 aromatic carbocycles.